The zero-order valence-electron chi connectivity index (χ0n) is 13.5. The van der Waals surface area contributed by atoms with Gasteiger partial charge in [0.2, 0.25) is 0 Å². The molecule has 0 aromatic heterocycles. The Morgan fingerprint density at radius 2 is 2.04 bits per heavy atom. The maximum Gasteiger partial charge on any atom is 0.332 e. The molecule has 0 aliphatic carbocycles. The molecule has 0 heterocycles. The zero-order chi connectivity index (χ0) is 18.2. The molecule has 3 N–H and O–H groups in total. The lowest BCUT2D eigenvalue weighted by molar-refractivity contribution is 0.249. The second-order valence-corrected chi connectivity index (χ2v) is 6.51. The van der Waals surface area contributed by atoms with E-state index in [1.807, 2.05) is 37.3 Å². The normalized spacial score (nSPS) is 10.7. The van der Waals surface area contributed by atoms with Crippen molar-refractivity contribution in [2.24, 2.45) is 10.8 Å². The smallest absolute Gasteiger partial charge is 0.332 e. The van der Waals surface area contributed by atoms with Gasteiger partial charge in [-0.1, -0.05) is 23.7 Å². The monoisotopic (exact) mass is 473 g/mol. The molecule has 0 fully saturated rings. The van der Waals surface area contributed by atoms with Crippen molar-refractivity contribution in [3.05, 3.63) is 56.1 Å². The number of carbonyl (C=O) groups excluding carboxylic acids is 1. The fourth-order valence-electron chi connectivity index (χ4n) is 1.97. The van der Waals surface area contributed by atoms with Crippen molar-refractivity contribution in [3.8, 4) is 11.5 Å². The minimum atomic E-state index is -0.723. The second kappa shape index (κ2) is 9.47. The second-order valence-electron chi connectivity index (χ2n) is 4.91. The van der Waals surface area contributed by atoms with E-state index >= 15 is 0 Å². The van der Waals surface area contributed by atoms with E-state index in [9.17, 15) is 4.79 Å². The van der Waals surface area contributed by atoms with Crippen LogP contribution in [-0.2, 0) is 6.61 Å². The van der Waals surface area contributed by atoms with E-state index in [1.54, 1.807) is 6.07 Å². The van der Waals surface area contributed by atoms with Crippen LogP contribution in [0.4, 0.5) is 4.79 Å². The van der Waals surface area contributed by atoms with Crippen molar-refractivity contribution in [1.29, 1.82) is 0 Å². The third-order valence-corrected chi connectivity index (χ3v) is 4.07. The molecule has 0 aliphatic rings. The number of hydrogen-bond acceptors (Lipinski definition) is 4. The Balaban J connectivity index is 2.19. The van der Waals surface area contributed by atoms with Gasteiger partial charge in [0.05, 0.1) is 16.4 Å². The van der Waals surface area contributed by atoms with Gasteiger partial charge in [-0.05, 0) is 64.9 Å². The van der Waals surface area contributed by atoms with Gasteiger partial charge in [-0.3, -0.25) is 0 Å². The average molecular weight is 474 g/mol. The molecule has 2 aromatic carbocycles. The Kier molecular flexibility index (Phi) is 7.32. The van der Waals surface area contributed by atoms with Crippen LogP contribution in [0.5, 0.6) is 11.5 Å². The molecular weight excluding hydrogens is 457 g/mol. The number of urea groups is 1. The highest BCUT2D eigenvalue weighted by atomic mass is 127. The molecule has 25 heavy (non-hydrogen) atoms. The van der Waals surface area contributed by atoms with E-state index in [2.05, 4.69) is 33.1 Å². The molecule has 0 unspecified atom stereocenters. The largest absolute Gasteiger partial charge is 0.490 e. The van der Waals surface area contributed by atoms with Crippen molar-refractivity contribution in [1.82, 2.24) is 5.43 Å². The van der Waals surface area contributed by atoms with Crippen LogP contribution in [0.2, 0.25) is 5.02 Å². The van der Waals surface area contributed by atoms with Gasteiger partial charge in [-0.15, -0.1) is 0 Å². The van der Waals surface area contributed by atoms with Gasteiger partial charge in [-0.25, -0.2) is 10.2 Å². The summed E-state index contributed by atoms with van der Waals surface area (Å²) < 4.78 is 12.5. The van der Waals surface area contributed by atoms with Gasteiger partial charge < -0.3 is 15.2 Å². The Morgan fingerprint density at radius 1 is 1.32 bits per heavy atom. The van der Waals surface area contributed by atoms with E-state index in [-0.39, 0.29) is 0 Å². The van der Waals surface area contributed by atoms with Gasteiger partial charge in [0.1, 0.15) is 6.61 Å². The first-order valence-electron chi connectivity index (χ1n) is 7.41. The van der Waals surface area contributed by atoms with Crippen LogP contribution in [0.25, 0.3) is 0 Å². The molecule has 132 valence electrons. The van der Waals surface area contributed by atoms with E-state index in [0.717, 1.165) is 14.7 Å². The first-order valence-corrected chi connectivity index (χ1v) is 8.87. The molecule has 0 saturated heterocycles. The van der Waals surface area contributed by atoms with Crippen molar-refractivity contribution in [2.75, 3.05) is 6.61 Å². The molecule has 0 aliphatic heterocycles. The number of nitrogens with one attached hydrogen (secondary N) is 1. The van der Waals surface area contributed by atoms with Crippen LogP contribution >= 0.6 is 34.2 Å². The molecule has 0 atom stereocenters. The van der Waals surface area contributed by atoms with Crippen LogP contribution in [0.3, 0.4) is 0 Å². The predicted octanol–water partition coefficient (Wildman–Crippen LogP) is 3.92. The van der Waals surface area contributed by atoms with Gasteiger partial charge >= 0.3 is 6.03 Å². The van der Waals surface area contributed by atoms with E-state index < -0.39 is 6.03 Å². The summed E-state index contributed by atoms with van der Waals surface area (Å²) in [6, 6.07) is 10.4. The summed E-state index contributed by atoms with van der Waals surface area (Å²) in [5, 5.41) is 4.44. The summed E-state index contributed by atoms with van der Waals surface area (Å²) in [7, 11) is 0. The average Bonchev–Trinajstić information content (AvgIpc) is 2.55. The van der Waals surface area contributed by atoms with Gasteiger partial charge in [-0.2, -0.15) is 5.10 Å². The number of nitrogens with zero attached hydrogens (tertiary/aromatic N) is 1. The molecule has 0 bridgehead atoms. The lowest BCUT2D eigenvalue weighted by Crippen LogP contribution is -2.24. The standard InChI is InChI=1S/C17H17ClIN3O3/c1-2-24-15-8-12(9-21-22-17(20)23)7-14(19)16(15)25-10-11-3-5-13(18)6-4-11/h3-9H,2,10H2,1H3,(H3,20,22,23). The molecule has 8 heteroatoms. The summed E-state index contributed by atoms with van der Waals surface area (Å²) in [4.78, 5) is 10.7. The number of hydrogen-bond donors (Lipinski definition) is 2. The van der Waals surface area contributed by atoms with Crippen LogP contribution < -0.4 is 20.6 Å². The van der Waals surface area contributed by atoms with Crippen LogP contribution in [0, 0.1) is 3.57 Å². The lowest BCUT2D eigenvalue weighted by Gasteiger charge is -2.14. The summed E-state index contributed by atoms with van der Waals surface area (Å²) in [5.41, 5.74) is 8.88. The molecule has 0 spiro atoms. The van der Waals surface area contributed by atoms with Crippen LogP contribution in [-0.4, -0.2) is 18.9 Å². The minimum absolute atomic E-state index is 0.393. The Bertz CT molecular complexity index is 766. The third-order valence-electron chi connectivity index (χ3n) is 3.02. The Hall–Kier alpha value is -2.00. The number of primary amides is 1. The molecule has 2 amide bonds. The first-order chi connectivity index (χ1) is 12.0. The summed E-state index contributed by atoms with van der Waals surface area (Å²) in [5.74, 6) is 1.25. The number of ether oxygens (including phenoxy) is 2. The molecule has 6 nitrogen and oxygen atoms in total. The quantitative estimate of drug-likeness (QED) is 0.363. The SMILES string of the molecule is CCOc1cc(C=NNC(N)=O)cc(I)c1OCc1ccc(Cl)cc1. The number of benzene rings is 2. The lowest BCUT2D eigenvalue weighted by atomic mass is 10.2. The van der Waals surface area contributed by atoms with E-state index in [4.69, 9.17) is 26.8 Å². The van der Waals surface area contributed by atoms with E-state index in [0.29, 0.717) is 29.7 Å². The zero-order valence-corrected chi connectivity index (χ0v) is 16.4. The van der Waals surface area contributed by atoms with Gasteiger partial charge in [0.15, 0.2) is 11.5 Å². The first kappa shape index (κ1) is 19.3. The number of amides is 2. The third kappa shape index (κ3) is 6.09. The fraction of sp³-hybridized carbons (Fsp3) is 0.176. The highest BCUT2D eigenvalue weighted by Crippen LogP contribution is 2.34. The summed E-state index contributed by atoms with van der Waals surface area (Å²) in [6.45, 7) is 2.78. The molecule has 0 saturated carbocycles. The number of rotatable bonds is 7. The number of hydrazone groups is 1. The van der Waals surface area contributed by atoms with Crippen molar-refractivity contribution in [2.45, 2.75) is 13.5 Å². The molecular formula is C17H17ClIN3O3. The maximum absolute atomic E-state index is 10.7. The van der Waals surface area contributed by atoms with E-state index in [1.165, 1.54) is 6.21 Å². The summed E-state index contributed by atoms with van der Waals surface area (Å²) >= 11 is 8.06. The Labute approximate surface area is 164 Å². The maximum atomic E-state index is 10.7. The number of nitrogens with two attached hydrogens (primary N) is 1. The topological polar surface area (TPSA) is 85.9 Å². The van der Waals surface area contributed by atoms with Gasteiger partial charge in [0.25, 0.3) is 0 Å². The Morgan fingerprint density at radius 3 is 2.68 bits per heavy atom. The van der Waals surface area contributed by atoms with Crippen molar-refractivity contribution < 1.29 is 14.3 Å². The highest BCUT2D eigenvalue weighted by Gasteiger charge is 2.12. The van der Waals surface area contributed by atoms with Crippen LogP contribution in [0.1, 0.15) is 18.1 Å². The van der Waals surface area contributed by atoms with Gasteiger partial charge in [0, 0.05) is 5.02 Å². The number of halogens is 2. The fourth-order valence-corrected chi connectivity index (χ4v) is 2.88. The minimum Gasteiger partial charge on any atom is -0.490 e. The molecule has 2 rings (SSSR count). The highest BCUT2D eigenvalue weighted by molar-refractivity contribution is 14.1. The molecule has 2 aromatic rings. The summed E-state index contributed by atoms with van der Waals surface area (Å²) in [6.07, 6.45) is 1.48. The molecule has 0 radical (unpaired) electrons. The van der Waals surface area contributed by atoms with Crippen LogP contribution in [0.15, 0.2) is 41.5 Å². The predicted molar refractivity (Wildman–Crippen MR) is 106 cm³/mol. The van der Waals surface area contributed by atoms with Crippen molar-refractivity contribution in [3.63, 3.8) is 0 Å². The van der Waals surface area contributed by atoms with Crippen molar-refractivity contribution >= 4 is 46.4 Å². The number of carbonyl (C=O) groups is 1.